The van der Waals surface area contributed by atoms with Crippen LogP contribution in [0.2, 0.25) is 5.02 Å². The summed E-state index contributed by atoms with van der Waals surface area (Å²) >= 11 is 5.93. The molecular weight excluding hydrogens is 266 g/mol. The quantitative estimate of drug-likeness (QED) is 0.682. The van der Waals surface area contributed by atoms with Crippen LogP contribution in [0.25, 0.3) is 0 Å². The molecule has 0 amide bonds. The van der Waals surface area contributed by atoms with E-state index in [4.69, 9.17) is 21.1 Å². The fraction of sp³-hybridized carbons (Fsp3) is 0.571. The largest absolute Gasteiger partial charge is 0.491 e. The highest BCUT2D eigenvalue weighted by Crippen LogP contribution is 2.20. The predicted octanol–water partition coefficient (Wildman–Crippen LogP) is 2.01. The van der Waals surface area contributed by atoms with Crippen molar-refractivity contribution in [2.75, 3.05) is 32.9 Å². The molecule has 1 aromatic rings. The van der Waals surface area contributed by atoms with Crippen LogP contribution >= 0.6 is 11.6 Å². The third-order valence-corrected chi connectivity index (χ3v) is 3.00. The molecule has 5 heteroatoms. The lowest BCUT2D eigenvalue weighted by Gasteiger charge is -2.13. The molecule has 108 valence electrons. The van der Waals surface area contributed by atoms with Crippen molar-refractivity contribution in [2.24, 2.45) is 0 Å². The fourth-order valence-corrected chi connectivity index (χ4v) is 1.63. The summed E-state index contributed by atoms with van der Waals surface area (Å²) in [5, 5.41) is 13.6. The van der Waals surface area contributed by atoms with Gasteiger partial charge in [-0.05, 0) is 37.6 Å². The maximum atomic E-state index is 9.74. The zero-order valence-electron chi connectivity index (χ0n) is 11.5. The van der Waals surface area contributed by atoms with Crippen molar-refractivity contribution in [1.82, 2.24) is 5.32 Å². The van der Waals surface area contributed by atoms with Gasteiger partial charge in [0, 0.05) is 24.7 Å². The molecule has 19 heavy (non-hydrogen) atoms. The maximum absolute atomic E-state index is 9.74. The summed E-state index contributed by atoms with van der Waals surface area (Å²) in [5.74, 6) is 0.718. The highest BCUT2D eigenvalue weighted by atomic mass is 35.5. The monoisotopic (exact) mass is 287 g/mol. The Bertz CT molecular complexity index is 374. The van der Waals surface area contributed by atoms with Gasteiger partial charge in [-0.2, -0.15) is 0 Å². The summed E-state index contributed by atoms with van der Waals surface area (Å²) in [6.07, 6.45) is -0.544. The Kier molecular flexibility index (Phi) is 7.82. The molecule has 1 atom stereocenters. The van der Waals surface area contributed by atoms with E-state index in [0.29, 0.717) is 24.8 Å². The van der Waals surface area contributed by atoms with Gasteiger partial charge in [-0.3, -0.25) is 0 Å². The minimum absolute atomic E-state index is 0.253. The second kappa shape index (κ2) is 9.15. The van der Waals surface area contributed by atoms with Gasteiger partial charge in [0.2, 0.25) is 0 Å². The first-order chi connectivity index (χ1) is 9.13. The van der Waals surface area contributed by atoms with E-state index in [1.54, 1.807) is 12.1 Å². The van der Waals surface area contributed by atoms with E-state index in [0.717, 1.165) is 17.9 Å². The minimum atomic E-state index is -0.544. The summed E-state index contributed by atoms with van der Waals surface area (Å²) < 4.78 is 10.7. The van der Waals surface area contributed by atoms with Crippen LogP contribution in [0.4, 0.5) is 0 Å². The highest BCUT2D eigenvalue weighted by Gasteiger charge is 2.05. The smallest absolute Gasteiger partial charge is 0.119 e. The molecule has 1 rings (SSSR count). The Morgan fingerprint density at radius 1 is 1.42 bits per heavy atom. The first kappa shape index (κ1) is 16.2. The van der Waals surface area contributed by atoms with Gasteiger partial charge < -0.3 is 19.9 Å². The molecule has 0 radical (unpaired) electrons. The van der Waals surface area contributed by atoms with Crippen LogP contribution < -0.4 is 10.1 Å². The number of hydrogen-bond donors (Lipinski definition) is 2. The number of aryl methyl sites for hydroxylation is 1. The molecule has 0 fully saturated rings. The van der Waals surface area contributed by atoms with Crippen molar-refractivity contribution >= 4 is 11.6 Å². The van der Waals surface area contributed by atoms with E-state index >= 15 is 0 Å². The standard InChI is InChI=1S/C14H22ClNO3/c1-3-18-7-6-16-9-12(17)10-19-13-4-5-14(15)11(2)8-13/h4-5,8,12,16-17H,3,6-7,9-10H2,1-2H3. The second-order valence-electron chi connectivity index (χ2n) is 4.28. The number of nitrogens with one attached hydrogen (secondary N) is 1. The molecule has 0 saturated heterocycles. The fourth-order valence-electron chi connectivity index (χ4n) is 1.52. The molecule has 0 bridgehead atoms. The van der Waals surface area contributed by atoms with Crippen LogP contribution in [-0.4, -0.2) is 44.1 Å². The summed E-state index contributed by atoms with van der Waals surface area (Å²) in [6, 6.07) is 5.45. The number of ether oxygens (including phenoxy) is 2. The summed E-state index contributed by atoms with van der Waals surface area (Å²) in [7, 11) is 0. The van der Waals surface area contributed by atoms with Crippen molar-refractivity contribution in [3.8, 4) is 5.75 Å². The molecule has 0 aliphatic rings. The lowest BCUT2D eigenvalue weighted by atomic mass is 10.2. The topological polar surface area (TPSA) is 50.7 Å². The van der Waals surface area contributed by atoms with Gasteiger partial charge in [0.15, 0.2) is 0 Å². The molecule has 0 spiro atoms. The lowest BCUT2D eigenvalue weighted by molar-refractivity contribution is 0.100. The Morgan fingerprint density at radius 3 is 2.89 bits per heavy atom. The van der Waals surface area contributed by atoms with E-state index in [9.17, 15) is 5.11 Å². The molecule has 0 saturated carbocycles. The van der Waals surface area contributed by atoms with E-state index in [1.807, 2.05) is 19.9 Å². The Morgan fingerprint density at radius 2 is 2.21 bits per heavy atom. The van der Waals surface area contributed by atoms with Gasteiger partial charge in [-0.15, -0.1) is 0 Å². The van der Waals surface area contributed by atoms with Crippen molar-refractivity contribution < 1.29 is 14.6 Å². The van der Waals surface area contributed by atoms with Gasteiger partial charge in [0.25, 0.3) is 0 Å². The van der Waals surface area contributed by atoms with Gasteiger partial charge in [0.1, 0.15) is 18.5 Å². The molecule has 4 nitrogen and oxygen atoms in total. The molecule has 2 N–H and O–H groups in total. The average Bonchev–Trinajstić information content (AvgIpc) is 2.40. The van der Waals surface area contributed by atoms with Gasteiger partial charge in [0.05, 0.1) is 6.61 Å². The number of benzene rings is 1. The average molecular weight is 288 g/mol. The van der Waals surface area contributed by atoms with E-state index in [1.165, 1.54) is 0 Å². The zero-order valence-corrected chi connectivity index (χ0v) is 12.2. The third kappa shape index (κ3) is 6.78. The van der Waals surface area contributed by atoms with E-state index in [2.05, 4.69) is 5.32 Å². The highest BCUT2D eigenvalue weighted by molar-refractivity contribution is 6.31. The molecule has 0 aliphatic heterocycles. The van der Waals surface area contributed by atoms with E-state index < -0.39 is 6.10 Å². The van der Waals surface area contributed by atoms with Crippen molar-refractivity contribution in [1.29, 1.82) is 0 Å². The van der Waals surface area contributed by atoms with Crippen molar-refractivity contribution in [3.63, 3.8) is 0 Å². The third-order valence-electron chi connectivity index (χ3n) is 2.58. The SMILES string of the molecule is CCOCCNCC(O)COc1ccc(Cl)c(C)c1. The van der Waals surface area contributed by atoms with Crippen LogP contribution in [0.3, 0.4) is 0 Å². The van der Waals surface area contributed by atoms with Crippen LogP contribution in [0, 0.1) is 6.92 Å². The number of hydrogen-bond acceptors (Lipinski definition) is 4. The predicted molar refractivity (Wildman–Crippen MR) is 77.1 cm³/mol. The second-order valence-corrected chi connectivity index (χ2v) is 4.68. The summed E-state index contributed by atoms with van der Waals surface area (Å²) in [6.45, 7) is 6.70. The van der Waals surface area contributed by atoms with Crippen LogP contribution in [0.1, 0.15) is 12.5 Å². The normalized spacial score (nSPS) is 12.4. The number of rotatable bonds is 9. The number of aliphatic hydroxyl groups excluding tert-OH is 1. The van der Waals surface area contributed by atoms with Crippen molar-refractivity contribution in [2.45, 2.75) is 20.0 Å². The molecule has 0 heterocycles. The molecule has 0 aromatic heterocycles. The van der Waals surface area contributed by atoms with Crippen LogP contribution in [-0.2, 0) is 4.74 Å². The zero-order chi connectivity index (χ0) is 14.1. The van der Waals surface area contributed by atoms with Gasteiger partial charge in [-0.1, -0.05) is 11.6 Å². The van der Waals surface area contributed by atoms with Gasteiger partial charge >= 0.3 is 0 Å². The molecule has 1 unspecified atom stereocenters. The summed E-state index contributed by atoms with van der Waals surface area (Å²) in [4.78, 5) is 0. The molecule has 0 aliphatic carbocycles. The van der Waals surface area contributed by atoms with Gasteiger partial charge in [-0.25, -0.2) is 0 Å². The van der Waals surface area contributed by atoms with Crippen LogP contribution in [0.5, 0.6) is 5.75 Å². The Balaban J connectivity index is 2.18. The first-order valence-electron chi connectivity index (χ1n) is 6.49. The minimum Gasteiger partial charge on any atom is -0.491 e. The first-order valence-corrected chi connectivity index (χ1v) is 6.86. The number of halogens is 1. The van der Waals surface area contributed by atoms with E-state index in [-0.39, 0.29) is 6.61 Å². The maximum Gasteiger partial charge on any atom is 0.119 e. The molecular formula is C14H22ClNO3. The summed E-state index contributed by atoms with van der Waals surface area (Å²) in [5.41, 5.74) is 0.962. The number of aliphatic hydroxyl groups is 1. The lowest BCUT2D eigenvalue weighted by Crippen LogP contribution is -2.33. The van der Waals surface area contributed by atoms with Crippen molar-refractivity contribution in [3.05, 3.63) is 28.8 Å². The Labute approximate surface area is 119 Å². The van der Waals surface area contributed by atoms with Crippen LogP contribution in [0.15, 0.2) is 18.2 Å². The molecule has 1 aromatic carbocycles. The Hall–Kier alpha value is -0.810.